The number of hydrogen-bond donors (Lipinski definition) is 0. The fraction of sp³-hybridized carbons (Fsp3) is 0.167. The maximum absolute atomic E-state index is 14.0. The molecule has 0 saturated carbocycles. The van der Waals surface area contributed by atoms with Crippen molar-refractivity contribution >= 4 is 33.5 Å². The fourth-order valence-corrected chi connectivity index (χ4v) is 5.16. The van der Waals surface area contributed by atoms with Gasteiger partial charge in [0, 0.05) is 32.5 Å². The van der Waals surface area contributed by atoms with Gasteiger partial charge in [-0.15, -0.1) is 0 Å². The second-order valence-electron chi connectivity index (χ2n) is 8.61. The van der Waals surface area contributed by atoms with Crippen LogP contribution >= 0.6 is 15.9 Å². The third kappa shape index (κ3) is 4.20. The Bertz CT molecular complexity index is 1590. The lowest BCUT2D eigenvalue weighted by Gasteiger charge is -2.18. The third-order valence-corrected chi connectivity index (χ3v) is 7.03. The number of aromatic nitrogens is 1. The molecule has 0 aliphatic heterocycles. The molecule has 0 unspecified atom stereocenters. The highest BCUT2D eigenvalue weighted by Crippen LogP contribution is 2.43. The number of ketones is 2. The average molecular weight is 574 g/mol. The molecule has 4 aromatic rings. The summed E-state index contributed by atoms with van der Waals surface area (Å²) < 4.78 is 18.8. The Labute approximate surface area is 228 Å². The molecule has 8 heteroatoms. The molecule has 192 valence electrons. The van der Waals surface area contributed by atoms with Crippen LogP contribution in [-0.2, 0) is 16.0 Å². The van der Waals surface area contributed by atoms with Crippen LogP contribution in [0, 0.1) is 0 Å². The minimum Gasteiger partial charge on any atom is -0.493 e. The summed E-state index contributed by atoms with van der Waals surface area (Å²) in [4.78, 5) is 40.9. The van der Waals surface area contributed by atoms with Crippen LogP contribution in [-0.4, -0.2) is 42.9 Å². The van der Waals surface area contributed by atoms with Gasteiger partial charge in [0.1, 0.15) is 5.69 Å². The van der Waals surface area contributed by atoms with Crippen molar-refractivity contribution in [2.75, 3.05) is 20.8 Å². The molecule has 5 rings (SSSR count). The molecule has 38 heavy (non-hydrogen) atoms. The first-order chi connectivity index (χ1) is 18.4. The number of methoxy groups -OCH3 is 2. The summed E-state index contributed by atoms with van der Waals surface area (Å²) >= 11 is 3.46. The maximum atomic E-state index is 14.0. The topological polar surface area (TPSA) is 83.8 Å². The van der Waals surface area contributed by atoms with Gasteiger partial charge in [0.25, 0.3) is 0 Å². The van der Waals surface area contributed by atoms with Gasteiger partial charge in [0.05, 0.1) is 32.8 Å². The Morgan fingerprint density at radius 1 is 0.842 bits per heavy atom. The van der Waals surface area contributed by atoms with E-state index < -0.39 is 5.97 Å². The van der Waals surface area contributed by atoms with Gasteiger partial charge in [-0.3, -0.25) is 14.4 Å². The number of esters is 1. The molecule has 0 saturated heterocycles. The minimum atomic E-state index is -0.472. The molecule has 0 fully saturated rings. The summed E-state index contributed by atoms with van der Waals surface area (Å²) in [6, 6.07) is 19.4. The number of carbonyl (C=O) groups excluding carboxylic acids is 3. The Morgan fingerprint density at radius 2 is 1.50 bits per heavy atom. The van der Waals surface area contributed by atoms with Crippen molar-refractivity contribution in [1.82, 2.24) is 4.57 Å². The third-order valence-electron chi connectivity index (χ3n) is 6.50. The Morgan fingerprint density at radius 3 is 2.13 bits per heavy atom. The van der Waals surface area contributed by atoms with Crippen molar-refractivity contribution in [1.29, 1.82) is 0 Å². The van der Waals surface area contributed by atoms with E-state index in [4.69, 9.17) is 14.2 Å². The first-order valence-electron chi connectivity index (χ1n) is 12.0. The van der Waals surface area contributed by atoms with Crippen molar-refractivity contribution in [3.05, 3.63) is 99.3 Å². The summed E-state index contributed by atoms with van der Waals surface area (Å²) in [7, 11) is 3.06. The number of rotatable bonds is 7. The monoisotopic (exact) mass is 573 g/mol. The Kier molecular flexibility index (Phi) is 6.91. The normalized spacial score (nSPS) is 12.1. The van der Waals surface area contributed by atoms with Crippen LogP contribution in [0.2, 0.25) is 0 Å². The summed E-state index contributed by atoms with van der Waals surface area (Å²) in [6.07, 6.45) is -0.155. The van der Waals surface area contributed by atoms with Crippen LogP contribution in [0.25, 0.3) is 16.8 Å². The van der Waals surface area contributed by atoms with E-state index in [-0.39, 0.29) is 35.9 Å². The van der Waals surface area contributed by atoms with Gasteiger partial charge >= 0.3 is 5.97 Å². The maximum Gasteiger partial charge on any atom is 0.311 e. The highest BCUT2D eigenvalue weighted by molar-refractivity contribution is 9.10. The van der Waals surface area contributed by atoms with E-state index in [1.54, 1.807) is 54.0 Å². The molecule has 0 bridgehead atoms. The second-order valence-corrected chi connectivity index (χ2v) is 9.53. The zero-order chi connectivity index (χ0) is 27.0. The average Bonchev–Trinajstić information content (AvgIpc) is 3.26. The van der Waals surface area contributed by atoms with Crippen LogP contribution in [0.4, 0.5) is 0 Å². The van der Waals surface area contributed by atoms with E-state index in [1.165, 1.54) is 14.2 Å². The summed E-state index contributed by atoms with van der Waals surface area (Å²) in [5.74, 6) is -0.0971. The van der Waals surface area contributed by atoms with Gasteiger partial charge in [-0.05, 0) is 48.9 Å². The number of fused-ring (bicyclic) bond motifs is 2. The smallest absolute Gasteiger partial charge is 0.311 e. The number of halogens is 1. The number of hydrogen-bond acceptors (Lipinski definition) is 6. The predicted octanol–water partition coefficient (Wildman–Crippen LogP) is 5.81. The van der Waals surface area contributed by atoms with Crippen molar-refractivity contribution in [3.8, 4) is 28.3 Å². The number of carbonyl (C=O) groups is 3. The molecule has 0 N–H and O–H groups in total. The molecular formula is C30H24BrNO6. The minimum absolute atomic E-state index is 0.155. The molecule has 1 aliphatic carbocycles. The molecule has 0 atom stereocenters. The van der Waals surface area contributed by atoms with E-state index in [9.17, 15) is 14.4 Å². The van der Waals surface area contributed by atoms with E-state index in [0.717, 1.165) is 4.47 Å². The SMILES string of the molecule is CCOC(=O)Cc1c(-c2ccc(OC)c(OC)c2)c2c(n1-c1ccc(Br)cc1)C(=O)c1ccccc1C2=O. The Balaban J connectivity index is 1.90. The summed E-state index contributed by atoms with van der Waals surface area (Å²) in [5.41, 5.74) is 3.28. The molecule has 1 aromatic heterocycles. The van der Waals surface area contributed by atoms with Crippen LogP contribution in [0.5, 0.6) is 11.5 Å². The van der Waals surface area contributed by atoms with E-state index in [0.29, 0.717) is 45.1 Å². The molecular weight excluding hydrogens is 550 g/mol. The van der Waals surface area contributed by atoms with E-state index in [2.05, 4.69) is 15.9 Å². The molecule has 3 aromatic carbocycles. The zero-order valence-electron chi connectivity index (χ0n) is 21.0. The lowest BCUT2D eigenvalue weighted by Crippen LogP contribution is -2.23. The first kappa shape index (κ1) is 25.5. The highest BCUT2D eigenvalue weighted by Gasteiger charge is 2.39. The number of ether oxygens (including phenoxy) is 3. The zero-order valence-corrected chi connectivity index (χ0v) is 22.6. The van der Waals surface area contributed by atoms with Gasteiger partial charge in [-0.1, -0.05) is 46.3 Å². The Hall–Kier alpha value is -4.17. The lowest BCUT2D eigenvalue weighted by atomic mass is 9.84. The van der Waals surface area contributed by atoms with Gasteiger partial charge < -0.3 is 18.8 Å². The van der Waals surface area contributed by atoms with Crippen molar-refractivity contribution in [2.45, 2.75) is 13.3 Å². The van der Waals surface area contributed by atoms with E-state index in [1.807, 2.05) is 24.3 Å². The van der Waals surface area contributed by atoms with Gasteiger partial charge in [0.2, 0.25) is 5.78 Å². The van der Waals surface area contributed by atoms with Crippen LogP contribution in [0.3, 0.4) is 0 Å². The molecule has 1 aliphatic rings. The largest absolute Gasteiger partial charge is 0.493 e. The van der Waals surface area contributed by atoms with Gasteiger partial charge in [0.15, 0.2) is 17.3 Å². The van der Waals surface area contributed by atoms with Crippen LogP contribution in [0.1, 0.15) is 44.6 Å². The predicted molar refractivity (Wildman–Crippen MR) is 146 cm³/mol. The lowest BCUT2D eigenvalue weighted by molar-refractivity contribution is -0.142. The summed E-state index contributed by atoms with van der Waals surface area (Å²) in [5, 5.41) is 0. The fourth-order valence-electron chi connectivity index (χ4n) is 4.89. The standard InChI is InChI=1S/C30H24BrNO6/c1-4-38-25(33)16-22-26(17-9-14-23(36-2)24(15-17)37-3)27-28(32(22)19-12-10-18(31)11-13-19)30(35)21-8-6-5-7-20(21)29(27)34/h5-15H,4,16H2,1-3H3. The number of benzene rings is 3. The molecule has 7 nitrogen and oxygen atoms in total. The molecule has 0 spiro atoms. The molecule has 0 radical (unpaired) electrons. The first-order valence-corrected chi connectivity index (χ1v) is 12.8. The molecule has 0 amide bonds. The van der Waals surface area contributed by atoms with Crippen LogP contribution in [0.15, 0.2) is 71.2 Å². The molecule has 1 heterocycles. The van der Waals surface area contributed by atoms with Crippen molar-refractivity contribution < 1.29 is 28.6 Å². The van der Waals surface area contributed by atoms with Gasteiger partial charge in [-0.2, -0.15) is 0 Å². The van der Waals surface area contributed by atoms with Gasteiger partial charge in [-0.25, -0.2) is 0 Å². The highest BCUT2D eigenvalue weighted by atomic mass is 79.9. The van der Waals surface area contributed by atoms with Crippen molar-refractivity contribution in [3.63, 3.8) is 0 Å². The quantitative estimate of drug-likeness (QED) is 0.229. The number of nitrogens with zero attached hydrogens (tertiary/aromatic N) is 1. The second kappa shape index (κ2) is 10.3. The van der Waals surface area contributed by atoms with Crippen LogP contribution < -0.4 is 9.47 Å². The summed E-state index contributed by atoms with van der Waals surface area (Å²) in [6.45, 7) is 1.93. The van der Waals surface area contributed by atoms with Crippen molar-refractivity contribution in [2.24, 2.45) is 0 Å². The van der Waals surface area contributed by atoms with E-state index >= 15 is 0 Å².